The summed E-state index contributed by atoms with van der Waals surface area (Å²) in [5, 5.41) is 2.69. The van der Waals surface area contributed by atoms with Crippen LogP contribution >= 0.6 is 0 Å². The number of likely N-dealkylation sites (tertiary alicyclic amines) is 1. The van der Waals surface area contributed by atoms with Crippen molar-refractivity contribution in [2.45, 2.75) is 64.3 Å². The van der Waals surface area contributed by atoms with Gasteiger partial charge in [-0.15, -0.1) is 0 Å². The summed E-state index contributed by atoms with van der Waals surface area (Å²) in [6.07, 6.45) is 4.86. The van der Waals surface area contributed by atoms with Gasteiger partial charge in [0.05, 0.1) is 24.7 Å². The van der Waals surface area contributed by atoms with Crippen molar-refractivity contribution >= 4 is 17.8 Å². The Bertz CT molecular complexity index is 1230. The lowest BCUT2D eigenvalue weighted by Gasteiger charge is -2.27. The fraction of sp³-hybridized carbons (Fsp3) is 0.379. The Hall–Kier alpha value is -4.02. The van der Waals surface area contributed by atoms with E-state index in [1.54, 1.807) is 24.0 Å². The number of hydrogen-bond donors (Lipinski definition) is 2. The van der Waals surface area contributed by atoms with Gasteiger partial charge < -0.3 is 30.0 Å². The van der Waals surface area contributed by atoms with E-state index in [0.29, 0.717) is 38.4 Å². The summed E-state index contributed by atoms with van der Waals surface area (Å²) >= 11 is 0. The van der Waals surface area contributed by atoms with E-state index in [9.17, 15) is 14.4 Å². The van der Waals surface area contributed by atoms with E-state index in [1.807, 2.05) is 60.7 Å². The van der Waals surface area contributed by atoms with E-state index in [0.717, 1.165) is 11.1 Å². The quantitative estimate of drug-likeness (QED) is 0.342. The molecule has 3 unspecified atom stereocenters. The first kappa shape index (κ1) is 28.0. The highest BCUT2D eigenvalue weighted by atomic mass is 16.5. The molecule has 1 aliphatic heterocycles. The van der Waals surface area contributed by atoms with E-state index in [1.165, 1.54) is 4.90 Å². The Morgan fingerprint density at radius 3 is 2.41 bits per heavy atom. The molecule has 39 heavy (non-hydrogen) atoms. The third kappa shape index (κ3) is 7.98. The molecule has 0 saturated carbocycles. The highest BCUT2D eigenvalue weighted by Crippen LogP contribution is 2.19. The molecular weight excluding hydrogens is 498 g/mol. The molecule has 1 aliphatic rings. The van der Waals surface area contributed by atoms with Crippen molar-refractivity contribution in [3.63, 3.8) is 0 Å². The number of rotatable bonds is 12. The van der Waals surface area contributed by atoms with Crippen molar-refractivity contribution in [1.29, 1.82) is 0 Å². The van der Waals surface area contributed by atoms with Crippen molar-refractivity contribution in [2.24, 2.45) is 5.73 Å². The summed E-state index contributed by atoms with van der Waals surface area (Å²) in [7, 11) is 0. The second-order valence-corrected chi connectivity index (χ2v) is 9.67. The minimum absolute atomic E-state index is 0.123. The molecule has 0 bridgehead atoms. The molecule has 0 aliphatic carbocycles. The molecule has 3 N–H and O–H groups in total. The number of nitrogens with one attached hydrogen (secondary N) is 1. The highest BCUT2D eigenvalue weighted by molar-refractivity contribution is 5.92. The number of carbonyl (C=O) groups excluding carboxylic acids is 3. The summed E-state index contributed by atoms with van der Waals surface area (Å²) in [5.41, 5.74) is 8.84. The number of carbonyl (C=O) groups is 3. The predicted molar refractivity (Wildman–Crippen MR) is 144 cm³/mol. The maximum absolute atomic E-state index is 13.1. The molecule has 3 atom stereocenters. The van der Waals surface area contributed by atoms with E-state index < -0.39 is 30.0 Å². The van der Waals surface area contributed by atoms with Gasteiger partial charge in [0.25, 0.3) is 0 Å². The zero-order valence-electron chi connectivity index (χ0n) is 22.1. The Morgan fingerprint density at radius 2 is 1.72 bits per heavy atom. The number of nitrogens with zero attached hydrogens (tertiary/aromatic N) is 3. The maximum Gasteiger partial charge on any atom is 0.328 e. The Kier molecular flexibility index (Phi) is 9.82. The van der Waals surface area contributed by atoms with Crippen LogP contribution in [0.15, 0.2) is 73.2 Å². The molecule has 1 aromatic heterocycles. The monoisotopic (exact) mass is 533 g/mol. The number of benzene rings is 2. The van der Waals surface area contributed by atoms with Crippen molar-refractivity contribution < 1.29 is 23.9 Å². The number of esters is 1. The Balaban J connectivity index is 1.23. The van der Waals surface area contributed by atoms with Gasteiger partial charge in [0.2, 0.25) is 11.8 Å². The lowest BCUT2D eigenvalue weighted by atomic mass is 10.1. The first-order valence-corrected chi connectivity index (χ1v) is 13.1. The number of imidazole rings is 1. The molecule has 10 nitrogen and oxygen atoms in total. The van der Waals surface area contributed by atoms with Crippen LogP contribution in [0.5, 0.6) is 0 Å². The van der Waals surface area contributed by atoms with E-state index in [-0.39, 0.29) is 18.9 Å². The van der Waals surface area contributed by atoms with Crippen molar-refractivity contribution in [3.05, 3.63) is 90.0 Å². The van der Waals surface area contributed by atoms with Gasteiger partial charge in [0, 0.05) is 19.2 Å². The summed E-state index contributed by atoms with van der Waals surface area (Å²) < 4.78 is 12.8. The SMILES string of the molecule is CC(NC(=O)C1CCCN1C(=O)C(N)Cc1cn(COCc2ccccc2)cn1)C(=O)OCc1ccccc1. The lowest BCUT2D eigenvalue weighted by Crippen LogP contribution is -2.53. The lowest BCUT2D eigenvalue weighted by molar-refractivity contribution is -0.149. The minimum atomic E-state index is -0.847. The second-order valence-electron chi connectivity index (χ2n) is 9.67. The smallest absolute Gasteiger partial charge is 0.328 e. The Morgan fingerprint density at radius 1 is 1.05 bits per heavy atom. The topological polar surface area (TPSA) is 129 Å². The average molecular weight is 534 g/mol. The van der Waals surface area contributed by atoms with Gasteiger partial charge in [-0.3, -0.25) is 9.59 Å². The Labute approximate surface area is 228 Å². The van der Waals surface area contributed by atoms with Crippen LogP contribution in [0.3, 0.4) is 0 Å². The minimum Gasteiger partial charge on any atom is -0.459 e. The highest BCUT2D eigenvalue weighted by Gasteiger charge is 2.37. The van der Waals surface area contributed by atoms with Gasteiger partial charge in [-0.1, -0.05) is 60.7 Å². The van der Waals surface area contributed by atoms with Crippen LogP contribution in [0, 0.1) is 0 Å². The van der Waals surface area contributed by atoms with Gasteiger partial charge in [-0.25, -0.2) is 9.78 Å². The van der Waals surface area contributed by atoms with E-state index in [4.69, 9.17) is 15.2 Å². The fourth-order valence-corrected chi connectivity index (χ4v) is 4.48. The fourth-order valence-electron chi connectivity index (χ4n) is 4.48. The predicted octanol–water partition coefficient (Wildman–Crippen LogP) is 2.17. The van der Waals surface area contributed by atoms with E-state index >= 15 is 0 Å². The largest absolute Gasteiger partial charge is 0.459 e. The molecule has 2 amide bonds. The molecule has 0 spiro atoms. The molecule has 10 heteroatoms. The van der Waals surface area contributed by atoms with Gasteiger partial charge in [-0.2, -0.15) is 0 Å². The first-order valence-electron chi connectivity index (χ1n) is 13.1. The van der Waals surface area contributed by atoms with Crippen molar-refractivity contribution in [3.8, 4) is 0 Å². The molecule has 1 fully saturated rings. The zero-order valence-corrected chi connectivity index (χ0v) is 22.1. The zero-order chi connectivity index (χ0) is 27.6. The second kappa shape index (κ2) is 13.7. The molecule has 2 aromatic carbocycles. The molecular formula is C29H35N5O5. The van der Waals surface area contributed by atoms with E-state index in [2.05, 4.69) is 10.3 Å². The van der Waals surface area contributed by atoms with Crippen LogP contribution in [0.2, 0.25) is 0 Å². The van der Waals surface area contributed by atoms with Crippen LogP contribution in [0.4, 0.5) is 0 Å². The normalized spacial score (nSPS) is 16.5. The number of hydrogen-bond acceptors (Lipinski definition) is 7. The van der Waals surface area contributed by atoms with Gasteiger partial charge in [0.1, 0.15) is 25.4 Å². The van der Waals surface area contributed by atoms with Crippen LogP contribution < -0.4 is 11.1 Å². The van der Waals surface area contributed by atoms with Crippen LogP contribution in [0.1, 0.15) is 36.6 Å². The van der Waals surface area contributed by atoms with Crippen LogP contribution in [0.25, 0.3) is 0 Å². The molecule has 206 valence electrons. The summed E-state index contributed by atoms with van der Waals surface area (Å²) in [6, 6.07) is 16.8. The number of aromatic nitrogens is 2. The van der Waals surface area contributed by atoms with Crippen molar-refractivity contribution in [1.82, 2.24) is 19.8 Å². The number of nitrogens with two attached hydrogens (primary N) is 1. The van der Waals surface area contributed by atoms with Crippen LogP contribution in [-0.4, -0.2) is 56.9 Å². The summed E-state index contributed by atoms with van der Waals surface area (Å²) in [4.78, 5) is 44.3. The molecule has 4 rings (SSSR count). The first-order chi connectivity index (χ1) is 18.9. The van der Waals surface area contributed by atoms with Gasteiger partial charge in [-0.05, 0) is 30.9 Å². The molecule has 1 saturated heterocycles. The molecule has 0 radical (unpaired) electrons. The summed E-state index contributed by atoms with van der Waals surface area (Å²) in [6.45, 7) is 2.93. The molecule has 3 aromatic rings. The average Bonchev–Trinajstić information content (AvgIpc) is 3.62. The summed E-state index contributed by atoms with van der Waals surface area (Å²) in [5.74, 6) is -1.25. The number of ether oxygens (including phenoxy) is 2. The van der Waals surface area contributed by atoms with Crippen LogP contribution in [-0.2, 0) is 50.2 Å². The standard InChI is InChI=1S/C29H35N5O5/c1-21(29(37)39-18-23-11-6-3-7-12-23)32-27(35)26-13-8-14-34(26)28(36)25(30)15-24-16-33(19-31-24)20-38-17-22-9-4-2-5-10-22/h2-7,9-12,16,19,21,25-26H,8,13-15,17-18,20,30H2,1H3,(H,32,35). The third-order valence-corrected chi connectivity index (χ3v) is 6.56. The third-order valence-electron chi connectivity index (χ3n) is 6.56. The number of amides is 2. The van der Waals surface area contributed by atoms with Gasteiger partial charge >= 0.3 is 5.97 Å². The molecule has 2 heterocycles. The van der Waals surface area contributed by atoms with Gasteiger partial charge in [0.15, 0.2) is 0 Å². The maximum atomic E-state index is 13.1. The van der Waals surface area contributed by atoms with Crippen molar-refractivity contribution in [2.75, 3.05) is 6.54 Å².